The highest BCUT2D eigenvalue weighted by atomic mass is 16.4. The van der Waals surface area contributed by atoms with Crippen LogP contribution in [0, 0.1) is 0 Å². The van der Waals surface area contributed by atoms with Crippen molar-refractivity contribution in [3.8, 4) is 0 Å². The molecule has 1 amide bonds. The summed E-state index contributed by atoms with van der Waals surface area (Å²) in [6.07, 6.45) is 1.02. The SMILES string of the molecule is CCC(N)(CC)C(=O)Nc1cccc(CC(=O)O)c1. The molecule has 104 valence electrons. The number of benzene rings is 1. The van der Waals surface area contributed by atoms with E-state index in [-0.39, 0.29) is 12.3 Å². The number of aliphatic carboxylic acids is 1. The number of carbonyl (C=O) groups is 2. The van der Waals surface area contributed by atoms with Gasteiger partial charge in [0.25, 0.3) is 0 Å². The number of anilines is 1. The summed E-state index contributed by atoms with van der Waals surface area (Å²) in [7, 11) is 0. The number of hydrogen-bond acceptors (Lipinski definition) is 3. The van der Waals surface area contributed by atoms with E-state index < -0.39 is 11.5 Å². The summed E-state index contributed by atoms with van der Waals surface area (Å²) in [6, 6.07) is 6.79. The van der Waals surface area contributed by atoms with Crippen LogP contribution in [0.15, 0.2) is 24.3 Å². The topological polar surface area (TPSA) is 92.4 Å². The van der Waals surface area contributed by atoms with Crippen LogP contribution >= 0.6 is 0 Å². The van der Waals surface area contributed by atoms with E-state index in [2.05, 4.69) is 5.32 Å². The van der Waals surface area contributed by atoms with Gasteiger partial charge in [0.1, 0.15) is 0 Å². The average molecular weight is 264 g/mol. The normalized spacial score (nSPS) is 11.1. The average Bonchev–Trinajstić information content (AvgIpc) is 2.37. The fraction of sp³-hybridized carbons (Fsp3) is 0.429. The summed E-state index contributed by atoms with van der Waals surface area (Å²) in [5.41, 5.74) is 6.32. The van der Waals surface area contributed by atoms with Crippen molar-refractivity contribution in [3.63, 3.8) is 0 Å². The monoisotopic (exact) mass is 264 g/mol. The molecule has 5 nitrogen and oxygen atoms in total. The van der Waals surface area contributed by atoms with Crippen LogP contribution < -0.4 is 11.1 Å². The Morgan fingerprint density at radius 1 is 1.32 bits per heavy atom. The van der Waals surface area contributed by atoms with Gasteiger partial charge in [0.05, 0.1) is 12.0 Å². The molecular weight excluding hydrogens is 244 g/mol. The Labute approximate surface area is 112 Å². The number of hydrogen-bond donors (Lipinski definition) is 3. The molecule has 0 bridgehead atoms. The van der Waals surface area contributed by atoms with Gasteiger partial charge in [-0.25, -0.2) is 0 Å². The van der Waals surface area contributed by atoms with E-state index in [1.54, 1.807) is 24.3 Å². The molecule has 19 heavy (non-hydrogen) atoms. The second-order valence-electron chi connectivity index (χ2n) is 4.59. The first-order valence-electron chi connectivity index (χ1n) is 6.32. The van der Waals surface area contributed by atoms with Crippen molar-refractivity contribution in [3.05, 3.63) is 29.8 Å². The van der Waals surface area contributed by atoms with E-state index in [0.717, 1.165) is 0 Å². The fourth-order valence-corrected chi connectivity index (χ4v) is 1.76. The second-order valence-corrected chi connectivity index (χ2v) is 4.59. The number of carbonyl (C=O) groups excluding carboxylic acids is 1. The number of carboxylic acid groups (broad SMARTS) is 1. The molecule has 0 saturated carbocycles. The molecule has 0 aromatic heterocycles. The molecule has 0 aliphatic heterocycles. The van der Waals surface area contributed by atoms with Crippen molar-refractivity contribution in [1.82, 2.24) is 0 Å². The number of nitrogens with one attached hydrogen (secondary N) is 1. The van der Waals surface area contributed by atoms with Crippen LogP contribution in [0.2, 0.25) is 0 Å². The van der Waals surface area contributed by atoms with E-state index in [1.165, 1.54) is 0 Å². The highest BCUT2D eigenvalue weighted by molar-refractivity contribution is 5.98. The third kappa shape index (κ3) is 4.06. The van der Waals surface area contributed by atoms with Crippen LogP contribution in [0.25, 0.3) is 0 Å². The van der Waals surface area contributed by atoms with Crippen molar-refractivity contribution >= 4 is 17.6 Å². The van der Waals surface area contributed by atoms with Crippen molar-refractivity contribution in [1.29, 1.82) is 0 Å². The largest absolute Gasteiger partial charge is 0.481 e. The van der Waals surface area contributed by atoms with Crippen LogP contribution in [-0.4, -0.2) is 22.5 Å². The molecule has 0 radical (unpaired) electrons. The zero-order valence-corrected chi connectivity index (χ0v) is 11.3. The first-order valence-corrected chi connectivity index (χ1v) is 6.32. The minimum Gasteiger partial charge on any atom is -0.481 e. The molecule has 0 fully saturated rings. The lowest BCUT2D eigenvalue weighted by molar-refractivity contribution is -0.136. The predicted octanol–water partition coefficient (Wildman–Crippen LogP) is 1.77. The zero-order valence-electron chi connectivity index (χ0n) is 11.3. The van der Waals surface area contributed by atoms with Crippen molar-refractivity contribution in [2.75, 3.05) is 5.32 Å². The van der Waals surface area contributed by atoms with E-state index in [0.29, 0.717) is 24.1 Å². The van der Waals surface area contributed by atoms with Gasteiger partial charge in [-0.15, -0.1) is 0 Å². The van der Waals surface area contributed by atoms with Gasteiger partial charge < -0.3 is 16.2 Å². The summed E-state index contributed by atoms with van der Waals surface area (Å²) < 4.78 is 0. The Hall–Kier alpha value is -1.88. The maximum absolute atomic E-state index is 12.1. The highest BCUT2D eigenvalue weighted by Crippen LogP contribution is 2.17. The predicted molar refractivity (Wildman–Crippen MR) is 73.9 cm³/mol. The number of rotatable bonds is 6. The molecule has 0 spiro atoms. The lowest BCUT2D eigenvalue weighted by Crippen LogP contribution is -2.50. The molecule has 0 atom stereocenters. The van der Waals surface area contributed by atoms with Gasteiger partial charge in [0, 0.05) is 5.69 Å². The number of amides is 1. The maximum Gasteiger partial charge on any atom is 0.307 e. The Balaban J connectivity index is 2.82. The summed E-state index contributed by atoms with van der Waals surface area (Å²) in [4.78, 5) is 22.7. The molecule has 0 aliphatic carbocycles. The Bertz CT molecular complexity index is 468. The molecule has 1 rings (SSSR count). The lowest BCUT2D eigenvalue weighted by Gasteiger charge is -2.25. The minimum absolute atomic E-state index is 0.0704. The molecular formula is C14H20N2O3. The van der Waals surface area contributed by atoms with Crippen molar-refractivity contribution in [2.24, 2.45) is 5.73 Å². The lowest BCUT2D eigenvalue weighted by atomic mass is 9.93. The van der Waals surface area contributed by atoms with E-state index >= 15 is 0 Å². The molecule has 0 saturated heterocycles. The summed E-state index contributed by atoms with van der Waals surface area (Å²) in [5.74, 6) is -1.15. The van der Waals surface area contributed by atoms with Crippen molar-refractivity contribution in [2.45, 2.75) is 38.6 Å². The van der Waals surface area contributed by atoms with Crippen LogP contribution in [0.3, 0.4) is 0 Å². The minimum atomic E-state index is -0.904. The molecule has 1 aromatic rings. The van der Waals surface area contributed by atoms with E-state index in [9.17, 15) is 9.59 Å². The van der Waals surface area contributed by atoms with Gasteiger partial charge in [-0.05, 0) is 30.5 Å². The summed E-state index contributed by atoms with van der Waals surface area (Å²) >= 11 is 0. The van der Waals surface area contributed by atoms with Gasteiger partial charge in [0.15, 0.2) is 0 Å². The van der Waals surface area contributed by atoms with Crippen LogP contribution in [0.5, 0.6) is 0 Å². The van der Waals surface area contributed by atoms with Crippen LogP contribution in [0.4, 0.5) is 5.69 Å². The Morgan fingerprint density at radius 3 is 2.47 bits per heavy atom. The quantitative estimate of drug-likeness (QED) is 0.730. The third-order valence-electron chi connectivity index (χ3n) is 3.25. The van der Waals surface area contributed by atoms with Gasteiger partial charge in [0.2, 0.25) is 5.91 Å². The van der Waals surface area contributed by atoms with Gasteiger partial charge >= 0.3 is 5.97 Å². The summed E-state index contributed by atoms with van der Waals surface area (Å²) in [6.45, 7) is 3.73. The fourth-order valence-electron chi connectivity index (χ4n) is 1.76. The second kappa shape index (κ2) is 6.33. The first-order chi connectivity index (χ1) is 8.91. The Morgan fingerprint density at radius 2 is 1.95 bits per heavy atom. The van der Waals surface area contributed by atoms with E-state index in [4.69, 9.17) is 10.8 Å². The van der Waals surface area contributed by atoms with E-state index in [1.807, 2.05) is 13.8 Å². The number of nitrogens with two attached hydrogens (primary N) is 1. The Kier molecular flexibility index (Phi) is 5.06. The van der Waals surface area contributed by atoms with Crippen molar-refractivity contribution < 1.29 is 14.7 Å². The molecule has 5 heteroatoms. The molecule has 0 aliphatic rings. The smallest absolute Gasteiger partial charge is 0.307 e. The van der Waals surface area contributed by atoms with Gasteiger partial charge in [-0.3, -0.25) is 9.59 Å². The molecule has 0 heterocycles. The molecule has 0 unspecified atom stereocenters. The van der Waals surface area contributed by atoms with Crippen LogP contribution in [-0.2, 0) is 16.0 Å². The number of carboxylic acids is 1. The third-order valence-corrected chi connectivity index (χ3v) is 3.25. The maximum atomic E-state index is 12.1. The summed E-state index contributed by atoms with van der Waals surface area (Å²) in [5, 5.41) is 11.5. The zero-order chi connectivity index (χ0) is 14.5. The first kappa shape index (κ1) is 15.2. The van der Waals surface area contributed by atoms with Crippen LogP contribution in [0.1, 0.15) is 32.3 Å². The highest BCUT2D eigenvalue weighted by Gasteiger charge is 2.29. The van der Waals surface area contributed by atoms with Gasteiger partial charge in [-0.2, -0.15) is 0 Å². The molecule has 4 N–H and O–H groups in total. The van der Waals surface area contributed by atoms with Gasteiger partial charge in [-0.1, -0.05) is 26.0 Å². The molecule has 1 aromatic carbocycles. The standard InChI is InChI=1S/C14H20N2O3/c1-3-14(15,4-2)13(19)16-11-7-5-6-10(8-11)9-12(17)18/h5-8H,3-4,9,15H2,1-2H3,(H,16,19)(H,17,18).